The molecule has 1 radical (unpaired) electrons. The van der Waals surface area contributed by atoms with Gasteiger partial charge in [0.25, 0.3) is 0 Å². The van der Waals surface area contributed by atoms with E-state index >= 15 is 0 Å². The molecule has 0 amide bonds. The summed E-state index contributed by atoms with van der Waals surface area (Å²) in [6.07, 6.45) is 3.74. The maximum absolute atomic E-state index is 4.55. The van der Waals surface area contributed by atoms with Gasteiger partial charge in [-0.05, 0) is 39.0 Å². The average Bonchev–Trinajstić information content (AvgIpc) is 2.90. The predicted molar refractivity (Wildman–Crippen MR) is 137 cm³/mol. The summed E-state index contributed by atoms with van der Waals surface area (Å²) < 4.78 is 0. The molecule has 0 saturated carbocycles. The summed E-state index contributed by atoms with van der Waals surface area (Å²) in [5, 5.41) is 4.94. The molecule has 6 aromatic rings. The van der Waals surface area contributed by atoms with Crippen LogP contribution in [0.3, 0.4) is 0 Å². The van der Waals surface area contributed by atoms with Gasteiger partial charge in [0, 0.05) is 32.5 Å². The molecule has 0 atom stereocenters. The van der Waals surface area contributed by atoms with Crippen LogP contribution in [0.25, 0.3) is 44.1 Å². The van der Waals surface area contributed by atoms with Gasteiger partial charge in [0.15, 0.2) is 0 Å². The quantitative estimate of drug-likeness (QED) is 0.148. The van der Waals surface area contributed by atoms with E-state index in [-0.39, 0.29) is 20.1 Å². The van der Waals surface area contributed by atoms with Crippen LogP contribution in [-0.2, 0) is 20.1 Å². The minimum atomic E-state index is 0. The fraction of sp³-hybridized carbons (Fsp3) is 0.0323. The second-order valence-electron chi connectivity index (χ2n) is 7.85. The number of hydrogen-bond acceptors (Lipinski definition) is 2. The van der Waals surface area contributed by atoms with Crippen LogP contribution < -0.4 is 0 Å². The first-order valence-electron chi connectivity index (χ1n) is 10.9. The molecule has 0 N–H and O–H groups in total. The van der Waals surface area contributed by atoms with Gasteiger partial charge in [-0.25, -0.2) is 0 Å². The molecule has 0 fully saturated rings. The molecule has 4 aromatic carbocycles. The maximum atomic E-state index is 4.55. The summed E-state index contributed by atoms with van der Waals surface area (Å²) in [4.78, 5) is 8.80. The van der Waals surface area contributed by atoms with Crippen LogP contribution in [0.1, 0.15) is 5.56 Å². The number of fused-ring (bicyclic) bond motifs is 3. The molecule has 3 heteroatoms. The Labute approximate surface area is 213 Å². The monoisotopic (exact) mass is 615 g/mol. The van der Waals surface area contributed by atoms with Crippen LogP contribution in [0.5, 0.6) is 0 Å². The van der Waals surface area contributed by atoms with Crippen LogP contribution >= 0.6 is 0 Å². The second-order valence-corrected chi connectivity index (χ2v) is 7.85. The summed E-state index contributed by atoms with van der Waals surface area (Å²) in [5.41, 5.74) is 5.24. The minimum Gasteiger partial charge on any atom is -0.305 e. The maximum Gasteiger partial charge on any atom is 0.0239 e. The van der Waals surface area contributed by atoms with Crippen LogP contribution in [0.15, 0.2) is 116 Å². The SMILES string of the molecule is Cc1c[c-]c(-c2ccccn2)cc1.[Ir].[c-]1ccccc1-c1cc2c(ccc3ccccc32)cn1. The van der Waals surface area contributed by atoms with Crippen molar-refractivity contribution in [2.45, 2.75) is 6.92 Å². The summed E-state index contributed by atoms with van der Waals surface area (Å²) in [5.74, 6) is 0. The minimum absolute atomic E-state index is 0. The number of aromatic nitrogens is 2. The van der Waals surface area contributed by atoms with Crippen molar-refractivity contribution in [2.24, 2.45) is 0 Å². The number of rotatable bonds is 2. The third kappa shape index (κ3) is 5.28. The smallest absolute Gasteiger partial charge is 0.0239 e. The van der Waals surface area contributed by atoms with Crippen molar-refractivity contribution < 1.29 is 20.1 Å². The van der Waals surface area contributed by atoms with Crippen LogP contribution in [0.4, 0.5) is 0 Å². The number of hydrogen-bond donors (Lipinski definition) is 0. The van der Waals surface area contributed by atoms with Crippen molar-refractivity contribution >= 4 is 21.5 Å². The van der Waals surface area contributed by atoms with Gasteiger partial charge in [0.2, 0.25) is 0 Å². The number of nitrogens with zero attached hydrogens (tertiary/aromatic N) is 2. The normalized spacial score (nSPS) is 10.3. The Morgan fingerprint density at radius 3 is 2.18 bits per heavy atom. The Kier molecular flexibility index (Phi) is 7.59. The van der Waals surface area contributed by atoms with Crippen molar-refractivity contribution in [3.05, 3.63) is 133 Å². The van der Waals surface area contributed by atoms with E-state index in [0.29, 0.717) is 0 Å². The van der Waals surface area contributed by atoms with E-state index < -0.39 is 0 Å². The molecule has 0 saturated heterocycles. The van der Waals surface area contributed by atoms with Crippen LogP contribution in [0, 0.1) is 19.1 Å². The molecule has 2 aromatic heterocycles. The number of pyridine rings is 2. The third-order valence-electron chi connectivity index (χ3n) is 5.52. The van der Waals surface area contributed by atoms with Gasteiger partial charge < -0.3 is 9.97 Å². The molecule has 0 aliphatic carbocycles. The summed E-state index contributed by atoms with van der Waals surface area (Å²) in [7, 11) is 0. The molecule has 2 heterocycles. The van der Waals surface area contributed by atoms with Crippen molar-refractivity contribution in [3.8, 4) is 22.5 Å². The first-order chi connectivity index (χ1) is 16.3. The summed E-state index contributed by atoms with van der Waals surface area (Å²) in [6.45, 7) is 2.05. The Balaban J connectivity index is 0.000000171. The molecular weight excluding hydrogens is 593 g/mol. The summed E-state index contributed by atoms with van der Waals surface area (Å²) in [6, 6.07) is 41.2. The van der Waals surface area contributed by atoms with Gasteiger partial charge in [-0.3, -0.25) is 0 Å². The second kappa shape index (κ2) is 11.0. The summed E-state index contributed by atoms with van der Waals surface area (Å²) >= 11 is 0. The Hall–Kier alpha value is -3.65. The zero-order chi connectivity index (χ0) is 22.5. The van der Waals surface area contributed by atoms with Gasteiger partial charge >= 0.3 is 0 Å². The molecule has 167 valence electrons. The van der Waals surface area contributed by atoms with Crippen LogP contribution in [-0.4, -0.2) is 9.97 Å². The van der Waals surface area contributed by atoms with Crippen LogP contribution in [0.2, 0.25) is 0 Å². The van der Waals surface area contributed by atoms with Crippen molar-refractivity contribution in [1.82, 2.24) is 9.97 Å². The molecule has 0 unspecified atom stereocenters. The number of aryl methyl sites for hydroxylation is 1. The Bertz CT molecular complexity index is 1500. The third-order valence-corrected chi connectivity index (χ3v) is 5.52. The van der Waals surface area contributed by atoms with E-state index in [1.807, 2.05) is 60.8 Å². The predicted octanol–water partition coefficient (Wildman–Crippen LogP) is 7.71. The molecule has 34 heavy (non-hydrogen) atoms. The van der Waals surface area contributed by atoms with Gasteiger partial charge in [-0.2, -0.15) is 0 Å². The Morgan fingerprint density at radius 1 is 0.618 bits per heavy atom. The fourth-order valence-electron chi connectivity index (χ4n) is 3.78. The molecule has 0 aliphatic rings. The van der Waals surface area contributed by atoms with Crippen molar-refractivity contribution in [2.75, 3.05) is 0 Å². The first-order valence-corrected chi connectivity index (χ1v) is 10.9. The van der Waals surface area contributed by atoms with E-state index in [0.717, 1.165) is 22.5 Å². The number of benzene rings is 4. The standard InChI is InChI=1S/C19H12N.C12H10N.Ir/c1-2-7-15(8-3-1)19-12-18-16(13-20-19)11-10-14-6-4-5-9-17(14)18;1-10-5-7-11(8-6-10)12-4-2-3-9-13-12;/h1-7,9-13H;2-7,9H,1H3;/q2*-1;. The molecule has 0 bridgehead atoms. The van der Waals surface area contributed by atoms with E-state index in [2.05, 4.69) is 77.6 Å². The van der Waals surface area contributed by atoms with Crippen molar-refractivity contribution in [3.63, 3.8) is 0 Å². The van der Waals surface area contributed by atoms with Gasteiger partial charge in [-0.15, -0.1) is 71.3 Å². The van der Waals surface area contributed by atoms with Gasteiger partial charge in [-0.1, -0.05) is 61.5 Å². The van der Waals surface area contributed by atoms with E-state index in [1.54, 1.807) is 6.20 Å². The molecule has 0 spiro atoms. The van der Waals surface area contributed by atoms with E-state index in [1.165, 1.54) is 27.1 Å². The largest absolute Gasteiger partial charge is 0.305 e. The first kappa shape index (κ1) is 23.5. The molecule has 0 aliphatic heterocycles. The van der Waals surface area contributed by atoms with E-state index in [9.17, 15) is 0 Å². The Morgan fingerprint density at radius 2 is 1.41 bits per heavy atom. The van der Waals surface area contributed by atoms with Gasteiger partial charge in [0.05, 0.1) is 0 Å². The fourth-order valence-corrected chi connectivity index (χ4v) is 3.78. The van der Waals surface area contributed by atoms with Gasteiger partial charge in [0.1, 0.15) is 0 Å². The zero-order valence-electron chi connectivity index (χ0n) is 18.7. The molecular formula is C31H22IrN2-2. The molecule has 6 rings (SSSR count). The van der Waals surface area contributed by atoms with E-state index in [4.69, 9.17) is 0 Å². The average molecular weight is 615 g/mol. The molecule has 2 nitrogen and oxygen atoms in total. The zero-order valence-corrected chi connectivity index (χ0v) is 21.1. The topological polar surface area (TPSA) is 25.8 Å². The van der Waals surface area contributed by atoms with Crippen molar-refractivity contribution in [1.29, 1.82) is 0 Å².